The normalized spacial score (nSPS) is 42.3. The lowest BCUT2D eigenvalue weighted by Gasteiger charge is -2.26. The zero-order valence-electron chi connectivity index (χ0n) is 10.8. The van der Waals surface area contributed by atoms with E-state index in [-0.39, 0.29) is 5.54 Å². The summed E-state index contributed by atoms with van der Waals surface area (Å²) in [6.45, 7) is 6.90. The lowest BCUT2D eigenvalue weighted by Crippen LogP contribution is -2.40. The Labute approximate surface area is 104 Å². The molecular weight excluding hydrogens is 216 g/mol. The minimum Gasteiger partial charge on any atom is -0.359 e. The first kappa shape index (κ1) is 12.3. The number of amidine groups is 1. The van der Waals surface area contributed by atoms with Crippen molar-refractivity contribution >= 4 is 16.9 Å². The quantitative estimate of drug-likeness (QED) is 0.799. The lowest BCUT2D eigenvalue weighted by atomic mass is 9.86. The van der Waals surface area contributed by atoms with Gasteiger partial charge in [-0.05, 0) is 32.1 Å². The molecule has 2 nitrogen and oxygen atoms in total. The highest BCUT2D eigenvalue weighted by molar-refractivity contribution is 8.14. The number of aliphatic imine (C=N–C) groups is 1. The maximum Gasteiger partial charge on any atom is 0.157 e. The summed E-state index contributed by atoms with van der Waals surface area (Å²) in [4.78, 5) is 4.93. The molecule has 1 N–H and O–H groups in total. The molecule has 0 aromatic heterocycles. The minimum absolute atomic E-state index is 0.279. The average molecular weight is 240 g/mol. The topological polar surface area (TPSA) is 24.4 Å². The lowest BCUT2D eigenvalue weighted by molar-refractivity contribution is 0.332. The van der Waals surface area contributed by atoms with Crippen LogP contribution in [0.2, 0.25) is 0 Å². The van der Waals surface area contributed by atoms with E-state index in [2.05, 4.69) is 26.1 Å². The van der Waals surface area contributed by atoms with E-state index in [4.69, 9.17) is 4.99 Å². The summed E-state index contributed by atoms with van der Waals surface area (Å²) in [5, 5.41) is 4.80. The third kappa shape index (κ3) is 2.73. The van der Waals surface area contributed by atoms with E-state index in [1.807, 2.05) is 11.8 Å². The summed E-state index contributed by atoms with van der Waals surface area (Å²) in [7, 11) is 0. The summed E-state index contributed by atoms with van der Waals surface area (Å²) >= 11 is 1.91. The Bertz CT molecular complexity index is 277. The van der Waals surface area contributed by atoms with Gasteiger partial charge in [-0.2, -0.15) is 0 Å². The Hall–Kier alpha value is -0.180. The van der Waals surface area contributed by atoms with Crippen molar-refractivity contribution in [1.29, 1.82) is 0 Å². The second-order valence-corrected chi connectivity index (χ2v) is 6.56. The Kier molecular flexibility index (Phi) is 3.83. The van der Waals surface area contributed by atoms with E-state index in [0.717, 1.165) is 5.92 Å². The second kappa shape index (κ2) is 4.99. The highest BCUT2D eigenvalue weighted by Gasteiger charge is 2.31. The van der Waals surface area contributed by atoms with Crippen molar-refractivity contribution in [2.45, 2.75) is 64.5 Å². The van der Waals surface area contributed by atoms with E-state index in [9.17, 15) is 0 Å². The fourth-order valence-corrected chi connectivity index (χ4v) is 3.72. The molecule has 0 amide bonds. The number of rotatable bonds is 2. The van der Waals surface area contributed by atoms with Gasteiger partial charge in [0.05, 0.1) is 6.04 Å². The highest BCUT2D eigenvalue weighted by atomic mass is 32.2. The number of hydrogen-bond acceptors (Lipinski definition) is 2. The van der Waals surface area contributed by atoms with Crippen LogP contribution in [0.3, 0.4) is 0 Å². The van der Waals surface area contributed by atoms with Gasteiger partial charge in [-0.3, -0.25) is 4.99 Å². The van der Waals surface area contributed by atoms with Crippen LogP contribution in [-0.2, 0) is 0 Å². The Balaban J connectivity index is 1.97. The largest absolute Gasteiger partial charge is 0.359 e. The molecule has 2 aliphatic rings. The van der Waals surface area contributed by atoms with E-state index in [1.54, 1.807) is 0 Å². The molecule has 16 heavy (non-hydrogen) atoms. The summed E-state index contributed by atoms with van der Waals surface area (Å²) in [6.07, 6.45) is 6.59. The van der Waals surface area contributed by atoms with E-state index < -0.39 is 0 Å². The molecule has 1 heterocycles. The Morgan fingerprint density at radius 2 is 2.19 bits per heavy atom. The summed E-state index contributed by atoms with van der Waals surface area (Å²) in [6, 6.07) is 0.572. The van der Waals surface area contributed by atoms with Gasteiger partial charge in [0.15, 0.2) is 5.17 Å². The maximum atomic E-state index is 4.93. The monoisotopic (exact) mass is 240 g/mol. The van der Waals surface area contributed by atoms with Crippen LogP contribution in [0.5, 0.6) is 0 Å². The first-order valence-electron chi connectivity index (χ1n) is 6.62. The van der Waals surface area contributed by atoms with Gasteiger partial charge < -0.3 is 5.32 Å². The Morgan fingerprint density at radius 1 is 1.44 bits per heavy atom. The smallest absolute Gasteiger partial charge is 0.157 e. The molecule has 0 radical (unpaired) electrons. The molecular formula is C13H24N2S. The standard InChI is InChI=1S/C13H24N2S/c1-4-13(3)9-16-12(15-13)14-11-8-6-5-7-10(11)2/h10-11H,4-9H2,1-3H3,(H,14,15). The van der Waals surface area contributed by atoms with Gasteiger partial charge >= 0.3 is 0 Å². The van der Waals surface area contributed by atoms with Crippen LogP contribution in [0.25, 0.3) is 0 Å². The molecule has 3 atom stereocenters. The summed E-state index contributed by atoms with van der Waals surface area (Å²) in [5.41, 5.74) is 0.279. The molecule has 0 bridgehead atoms. The second-order valence-electron chi connectivity index (χ2n) is 5.59. The van der Waals surface area contributed by atoms with Gasteiger partial charge in [0.2, 0.25) is 0 Å². The van der Waals surface area contributed by atoms with Crippen LogP contribution in [0.15, 0.2) is 4.99 Å². The van der Waals surface area contributed by atoms with Crippen LogP contribution in [0.1, 0.15) is 52.9 Å². The third-order valence-corrected chi connectivity index (χ3v) is 5.33. The summed E-state index contributed by atoms with van der Waals surface area (Å²) < 4.78 is 0. The predicted molar refractivity (Wildman–Crippen MR) is 73.1 cm³/mol. The van der Waals surface area contributed by atoms with Crippen molar-refractivity contribution < 1.29 is 0 Å². The zero-order chi connectivity index (χ0) is 11.6. The minimum atomic E-state index is 0.279. The van der Waals surface area contributed by atoms with E-state index in [1.165, 1.54) is 43.0 Å². The molecule has 1 saturated heterocycles. The van der Waals surface area contributed by atoms with Crippen molar-refractivity contribution in [1.82, 2.24) is 5.32 Å². The predicted octanol–water partition coefficient (Wildman–Crippen LogP) is 3.43. The summed E-state index contributed by atoms with van der Waals surface area (Å²) in [5.74, 6) is 1.95. The number of nitrogens with one attached hydrogen (secondary N) is 1. The average Bonchev–Trinajstić information content (AvgIpc) is 2.65. The van der Waals surface area contributed by atoms with E-state index >= 15 is 0 Å². The fraction of sp³-hybridized carbons (Fsp3) is 0.923. The molecule has 1 aliphatic carbocycles. The van der Waals surface area contributed by atoms with Crippen molar-refractivity contribution in [3.05, 3.63) is 0 Å². The SMILES string of the molecule is CCC1(C)CSC(=NC2CCCCC2C)N1. The number of thioether (sulfide) groups is 1. The van der Waals surface area contributed by atoms with Crippen LogP contribution in [0, 0.1) is 5.92 Å². The zero-order valence-corrected chi connectivity index (χ0v) is 11.6. The van der Waals surface area contributed by atoms with Gasteiger partial charge in [-0.25, -0.2) is 0 Å². The fourth-order valence-electron chi connectivity index (χ4n) is 2.46. The molecule has 0 spiro atoms. The molecule has 2 rings (SSSR count). The van der Waals surface area contributed by atoms with Crippen LogP contribution in [0.4, 0.5) is 0 Å². The molecule has 3 unspecified atom stereocenters. The van der Waals surface area contributed by atoms with Crippen molar-refractivity contribution in [3.8, 4) is 0 Å². The van der Waals surface area contributed by atoms with Gasteiger partial charge in [-0.1, -0.05) is 38.5 Å². The van der Waals surface area contributed by atoms with Gasteiger partial charge in [-0.15, -0.1) is 0 Å². The molecule has 3 heteroatoms. The Morgan fingerprint density at radius 3 is 2.81 bits per heavy atom. The van der Waals surface area contributed by atoms with Crippen molar-refractivity contribution in [2.75, 3.05) is 5.75 Å². The molecule has 92 valence electrons. The molecule has 1 saturated carbocycles. The first-order valence-corrected chi connectivity index (χ1v) is 7.60. The van der Waals surface area contributed by atoms with Gasteiger partial charge in [0.25, 0.3) is 0 Å². The molecule has 2 fully saturated rings. The number of nitrogens with zero attached hydrogens (tertiary/aromatic N) is 1. The van der Waals surface area contributed by atoms with Gasteiger partial charge in [0, 0.05) is 11.3 Å². The van der Waals surface area contributed by atoms with Crippen LogP contribution < -0.4 is 5.32 Å². The van der Waals surface area contributed by atoms with Crippen LogP contribution >= 0.6 is 11.8 Å². The van der Waals surface area contributed by atoms with Crippen molar-refractivity contribution in [3.63, 3.8) is 0 Å². The molecule has 0 aromatic carbocycles. The van der Waals surface area contributed by atoms with E-state index in [0.29, 0.717) is 6.04 Å². The number of hydrogen-bond donors (Lipinski definition) is 1. The van der Waals surface area contributed by atoms with Crippen LogP contribution in [-0.4, -0.2) is 22.5 Å². The highest BCUT2D eigenvalue weighted by Crippen LogP contribution is 2.30. The first-order chi connectivity index (χ1) is 7.63. The molecule has 0 aromatic rings. The van der Waals surface area contributed by atoms with Gasteiger partial charge in [0.1, 0.15) is 0 Å². The molecule has 1 aliphatic heterocycles. The third-order valence-electron chi connectivity index (χ3n) is 4.07. The maximum absolute atomic E-state index is 4.93. The van der Waals surface area contributed by atoms with Crippen molar-refractivity contribution in [2.24, 2.45) is 10.9 Å².